The zero-order valence-corrected chi connectivity index (χ0v) is 10.7. The molecule has 0 radical (unpaired) electrons. The predicted octanol–water partition coefficient (Wildman–Crippen LogP) is 2.40. The zero-order valence-electron chi connectivity index (χ0n) is 10.7. The summed E-state index contributed by atoms with van der Waals surface area (Å²) in [7, 11) is 0. The molecule has 0 aliphatic heterocycles. The van der Waals surface area contributed by atoms with Crippen molar-refractivity contribution in [2.75, 3.05) is 6.61 Å². The Labute approximate surface area is 107 Å². The Hall–Kier alpha value is -1.97. The highest BCUT2D eigenvalue weighted by atomic mass is 16.5. The van der Waals surface area contributed by atoms with Gasteiger partial charge in [0.05, 0.1) is 6.61 Å². The van der Waals surface area contributed by atoms with Crippen LogP contribution < -0.4 is 0 Å². The SMILES string of the molecule is CCOC(=O)/C(=C/c1cccnc1)CCC(C)=O. The molecule has 1 aromatic rings. The van der Waals surface area contributed by atoms with Gasteiger partial charge in [-0.25, -0.2) is 4.79 Å². The first-order valence-electron chi connectivity index (χ1n) is 5.90. The van der Waals surface area contributed by atoms with Crippen LogP contribution in [0.1, 0.15) is 32.3 Å². The van der Waals surface area contributed by atoms with Crippen LogP contribution in [-0.4, -0.2) is 23.3 Å². The first kappa shape index (κ1) is 14.1. The summed E-state index contributed by atoms with van der Waals surface area (Å²) in [5.41, 5.74) is 1.32. The number of hydrogen-bond acceptors (Lipinski definition) is 4. The molecule has 1 rings (SSSR count). The van der Waals surface area contributed by atoms with E-state index in [1.165, 1.54) is 6.92 Å². The summed E-state index contributed by atoms with van der Waals surface area (Å²) in [5, 5.41) is 0. The Bertz CT molecular complexity index is 438. The summed E-state index contributed by atoms with van der Waals surface area (Å²) in [6.07, 6.45) is 5.77. The van der Waals surface area contributed by atoms with Gasteiger partial charge in [-0.2, -0.15) is 0 Å². The van der Waals surface area contributed by atoms with E-state index >= 15 is 0 Å². The summed E-state index contributed by atoms with van der Waals surface area (Å²) in [6, 6.07) is 3.64. The first-order chi connectivity index (χ1) is 8.63. The molecule has 0 unspecified atom stereocenters. The van der Waals surface area contributed by atoms with E-state index in [4.69, 9.17) is 4.74 Å². The molecular formula is C14H17NO3. The van der Waals surface area contributed by atoms with E-state index in [1.54, 1.807) is 31.5 Å². The van der Waals surface area contributed by atoms with Crippen LogP contribution >= 0.6 is 0 Å². The third-order valence-corrected chi connectivity index (χ3v) is 2.31. The van der Waals surface area contributed by atoms with Crippen molar-refractivity contribution in [2.45, 2.75) is 26.7 Å². The van der Waals surface area contributed by atoms with Crippen LogP contribution in [0.15, 0.2) is 30.1 Å². The summed E-state index contributed by atoms with van der Waals surface area (Å²) >= 11 is 0. The molecule has 0 N–H and O–H groups in total. The van der Waals surface area contributed by atoms with Gasteiger partial charge in [0.25, 0.3) is 0 Å². The normalized spacial score (nSPS) is 11.1. The number of ketones is 1. The molecule has 1 aromatic heterocycles. The molecule has 0 atom stereocenters. The highest BCUT2D eigenvalue weighted by Gasteiger charge is 2.11. The number of nitrogens with zero attached hydrogens (tertiary/aromatic N) is 1. The van der Waals surface area contributed by atoms with Gasteiger partial charge < -0.3 is 9.53 Å². The van der Waals surface area contributed by atoms with Crippen LogP contribution in [0.25, 0.3) is 6.08 Å². The standard InChI is InChI=1S/C14H17NO3/c1-3-18-14(17)13(7-6-11(2)16)9-12-5-4-8-15-10-12/h4-5,8-10H,3,6-7H2,1-2H3/b13-9+. The number of Topliss-reactive ketones (excluding diaryl/α,β-unsaturated/α-hetero) is 1. The lowest BCUT2D eigenvalue weighted by atomic mass is 10.1. The number of carbonyl (C=O) groups excluding carboxylic acids is 2. The average molecular weight is 247 g/mol. The number of ether oxygens (including phenoxy) is 1. The Morgan fingerprint density at radius 3 is 2.72 bits per heavy atom. The molecule has 0 amide bonds. The minimum atomic E-state index is -0.373. The number of hydrogen-bond donors (Lipinski definition) is 0. The zero-order chi connectivity index (χ0) is 13.4. The smallest absolute Gasteiger partial charge is 0.334 e. The van der Waals surface area contributed by atoms with Gasteiger partial charge in [0.15, 0.2) is 0 Å². The fourth-order valence-electron chi connectivity index (χ4n) is 1.43. The molecule has 1 heterocycles. The van der Waals surface area contributed by atoms with Gasteiger partial charge in [0, 0.05) is 24.4 Å². The summed E-state index contributed by atoms with van der Waals surface area (Å²) in [6.45, 7) is 3.58. The molecule has 0 fully saturated rings. The molecule has 4 heteroatoms. The Balaban J connectivity index is 2.85. The monoisotopic (exact) mass is 247 g/mol. The van der Waals surface area contributed by atoms with Gasteiger partial charge in [-0.15, -0.1) is 0 Å². The summed E-state index contributed by atoms with van der Waals surface area (Å²) in [5.74, 6) is -0.320. The largest absolute Gasteiger partial charge is 0.463 e. The highest BCUT2D eigenvalue weighted by molar-refractivity contribution is 5.94. The molecule has 0 spiro atoms. The second-order valence-electron chi connectivity index (χ2n) is 3.88. The fourth-order valence-corrected chi connectivity index (χ4v) is 1.43. The van der Waals surface area contributed by atoms with E-state index in [2.05, 4.69) is 4.98 Å². The number of pyridine rings is 1. The molecule has 0 aliphatic rings. The lowest BCUT2D eigenvalue weighted by Crippen LogP contribution is -2.08. The van der Waals surface area contributed by atoms with Crippen molar-refractivity contribution in [3.63, 3.8) is 0 Å². The molecule has 96 valence electrons. The third-order valence-electron chi connectivity index (χ3n) is 2.31. The average Bonchev–Trinajstić information content (AvgIpc) is 2.35. The Morgan fingerprint density at radius 1 is 1.39 bits per heavy atom. The minimum Gasteiger partial charge on any atom is -0.463 e. The number of esters is 1. The van der Waals surface area contributed by atoms with Gasteiger partial charge in [-0.05, 0) is 38.0 Å². The van der Waals surface area contributed by atoms with E-state index in [9.17, 15) is 9.59 Å². The van der Waals surface area contributed by atoms with Crippen LogP contribution in [0.5, 0.6) is 0 Å². The number of aromatic nitrogens is 1. The van der Waals surface area contributed by atoms with E-state index in [0.717, 1.165) is 5.56 Å². The quantitative estimate of drug-likeness (QED) is 0.572. The predicted molar refractivity (Wildman–Crippen MR) is 68.8 cm³/mol. The van der Waals surface area contributed by atoms with Crippen molar-refractivity contribution in [1.82, 2.24) is 4.98 Å². The highest BCUT2D eigenvalue weighted by Crippen LogP contribution is 2.13. The van der Waals surface area contributed by atoms with Gasteiger partial charge in [-0.1, -0.05) is 6.07 Å². The van der Waals surface area contributed by atoms with Crippen LogP contribution in [0.4, 0.5) is 0 Å². The molecule has 0 saturated carbocycles. The van der Waals surface area contributed by atoms with Gasteiger partial charge in [0.1, 0.15) is 5.78 Å². The summed E-state index contributed by atoms with van der Waals surface area (Å²) in [4.78, 5) is 26.7. The maximum absolute atomic E-state index is 11.7. The topological polar surface area (TPSA) is 56.3 Å². The van der Waals surface area contributed by atoms with Gasteiger partial charge >= 0.3 is 5.97 Å². The van der Waals surface area contributed by atoms with Gasteiger partial charge in [-0.3, -0.25) is 4.98 Å². The van der Waals surface area contributed by atoms with Crippen molar-refractivity contribution in [1.29, 1.82) is 0 Å². The van der Waals surface area contributed by atoms with Crippen LogP contribution in [0, 0.1) is 0 Å². The lowest BCUT2D eigenvalue weighted by Gasteiger charge is -2.06. The maximum atomic E-state index is 11.7. The van der Waals surface area contributed by atoms with E-state index in [0.29, 0.717) is 25.0 Å². The van der Waals surface area contributed by atoms with Crippen molar-refractivity contribution < 1.29 is 14.3 Å². The molecule has 0 aliphatic carbocycles. The Morgan fingerprint density at radius 2 is 2.17 bits per heavy atom. The van der Waals surface area contributed by atoms with Crippen molar-refractivity contribution in [2.24, 2.45) is 0 Å². The fraction of sp³-hybridized carbons (Fsp3) is 0.357. The van der Waals surface area contributed by atoms with Crippen molar-refractivity contribution in [3.8, 4) is 0 Å². The molecule has 0 aromatic carbocycles. The molecule has 18 heavy (non-hydrogen) atoms. The molecule has 0 saturated heterocycles. The number of rotatable bonds is 6. The second kappa shape index (κ2) is 7.37. The van der Waals surface area contributed by atoms with Gasteiger partial charge in [0.2, 0.25) is 0 Å². The Kier molecular flexibility index (Phi) is 5.77. The van der Waals surface area contributed by atoms with Crippen LogP contribution in [0.2, 0.25) is 0 Å². The summed E-state index contributed by atoms with van der Waals surface area (Å²) < 4.78 is 4.97. The van der Waals surface area contributed by atoms with Crippen molar-refractivity contribution in [3.05, 3.63) is 35.7 Å². The molecule has 4 nitrogen and oxygen atoms in total. The number of carbonyl (C=O) groups is 2. The van der Waals surface area contributed by atoms with E-state index < -0.39 is 0 Å². The van der Waals surface area contributed by atoms with E-state index in [-0.39, 0.29) is 11.8 Å². The second-order valence-corrected chi connectivity index (χ2v) is 3.88. The van der Waals surface area contributed by atoms with Crippen LogP contribution in [0.3, 0.4) is 0 Å². The third kappa shape index (κ3) is 4.91. The van der Waals surface area contributed by atoms with Crippen molar-refractivity contribution >= 4 is 17.8 Å². The minimum absolute atomic E-state index is 0.0522. The van der Waals surface area contributed by atoms with E-state index in [1.807, 2.05) is 6.07 Å². The van der Waals surface area contributed by atoms with Crippen LogP contribution in [-0.2, 0) is 14.3 Å². The molecular weight excluding hydrogens is 230 g/mol. The maximum Gasteiger partial charge on any atom is 0.334 e. The molecule has 0 bridgehead atoms. The first-order valence-corrected chi connectivity index (χ1v) is 5.90. The lowest BCUT2D eigenvalue weighted by molar-refractivity contribution is -0.138.